The molecule has 0 radical (unpaired) electrons. The van der Waals surface area contributed by atoms with Gasteiger partial charge in [0.15, 0.2) is 0 Å². The summed E-state index contributed by atoms with van der Waals surface area (Å²) in [5, 5.41) is 20.5. The zero-order valence-corrected chi connectivity index (χ0v) is 9.57. The molecule has 0 aliphatic rings. The third-order valence-electron chi connectivity index (χ3n) is 2.23. The van der Waals surface area contributed by atoms with Crippen molar-refractivity contribution in [2.45, 2.75) is 0 Å². The number of rotatable bonds is 3. The van der Waals surface area contributed by atoms with Crippen molar-refractivity contribution in [1.29, 1.82) is 0 Å². The number of nitrogens with one attached hydrogen (secondary N) is 1. The zero-order chi connectivity index (χ0) is 13.8. The van der Waals surface area contributed by atoms with E-state index in [4.69, 9.17) is 5.11 Å². The molecule has 2 heterocycles. The molecule has 1 amide bonds. The third kappa shape index (κ3) is 3.03. The van der Waals surface area contributed by atoms with Crippen molar-refractivity contribution in [1.82, 2.24) is 9.97 Å². The molecule has 0 bridgehead atoms. The molecule has 0 saturated carbocycles. The molecule has 96 valence electrons. The van der Waals surface area contributed by atoms with E-state index in [0.29, 0.717) is 0 Å². The largest absolute Gasteiger partial charge is 0.506 e. The first kappa shape index (κ1) is 12.5. The predicted octanol–water partition coefficient (Wildman–Crippen LogP) is 1.13. The molecule has 0 saturated heterocycles. The number of nitrogens with zero attached hydrogens (tertiary/aromatic N) is 2. The molecule has 0 aliphatic carbocycles. The second-order valence-corrected chi connectivity index (χ2v) is 3.65. The lowest BCUT2D eigenvalue weighted by Gasteiger charge is -2.05. The number of carboxylic acid groups (broad SMARTS) is 1. The van der Waals surface area contributed by atoms with Crippen LogP contribution in [0, 0.1) is 0 Å². The summed E-state index contributed by atoms with van der Waals surface area (Å²) in [6, 6.07) is 2.53. The van der Waals surface area contributed by atoms with Crippen molar-refractivity contribution >= 4 is 17.6 Å². The van der Waals surface area contributed by atoms with E-state index in [9.17, 15) is 14.7 Å². The maximum absolute atomic E-state index is 11.8. The minimum absolute atomic E-state index is 0.0353. The number of amides is 1. The summed E-state index contributed by atoms with van der Waals surface area (Å²) in [5.41, 5.74) is 0.362. The van der Waals surface area contributed by atoms with Crippen LogP contribution >= 0.6 is 0 Å². The number of carboxylic acids is 1. The molecule has 7 heteroatoms. The van der Waals surface area contributed by atoms with Crippen LogP contribution in [0.4, 0.5) is 5.69 Å². The highest BCUT2D eigenvalue weighted by Gasteiger charge is 2.09. The summed E-state index contributed by atoms with van der Waals surface area (Å²) in [6.07, 6.45) is 4.97. The number of anilines is 1. The van der Waals surface area contributed by atoms with Crippen LogP contribution in [0.5, 0.6) is 5.75 Å². The van der Waals surface area contributed by atoms with Gasteiger partial charge in [-0.1, -0.05) is 0 Å². The van der Waals surface area contributed by atoms with Gasteiger partial charge in [-0.25, -0.2) is 4.79 Å². The van der Waals surface area contributed by atoms with Crippen LogP contribution in [0.25, 0.3) is 0 Å². The van der Waals surface area contributed by atoms with Crippen LogP contribution in [-0.2, 0) is 0 Å². The second-order valence-electron chi connectivity index (χ2n) is 3.65. The van der Waals surface area contributed by atoms with Crippen LogP contribution in [0.2, 0.25) is 0 Å². The quantitative estimate of drug-likeness (QED) is 0.761. The molecule has 7 nitrogen and oxygen atoms in total. The molecular formula is C12H9N3O4. The molecule has 3 N–H and O–H groups in total. The van der Waals surface area contributed by atoms with Crippen LogP contribution < -0.4 is 5.32 Å². The van der Waals surface area contributed by atoms with Gasteiger partial charge in [0.05, 0.1) is 29.2 Å². The normalized spacial score (nSPS) is 9.89. The Bertz CT molecular complexity index is 642. The molecule has 0 spiro atoms. The van der Waals surface area contributed by atoms with Crippen LogP contribution in [0.1, 0.15) is 20.7 Å². The maximum Gasteiger partial charge on any atom is 0.337 e. The first-order valence-electron chi connectivity index (χ1n) is 5.20. The first-order chi connectivity index (χ1) is 9.06. The smallest absolute Gasteiger partial charge is 0.337 e. The summed E-state index contributed by atoms with van der Waals surface area (Å²) in [4.78, 5) is 29.9. The van der Waals surface area contributed by atoms with Gasteiger partial charge in [0.1, 0.15) is 5.75 Å². The Morgan fingerprint density at radius 1 is 1.00 bits per heavy atom. The molecule has 0 unspecified atom stereocenters. The van der Waals surface area contributed by atoms with Crippen molar-refractivity contribution in [2.75, 3.05) is 5.32 Å². The van der Waals surface area contributed by atoms with Gasteiger partial charge < -0.3 is 15.5 Å². The monoisotopic (exact) mass is 259 g/mol. The Hall–Kier alpha value is -2.96. The Labute approximate surface area is 107 Å². The predicted molar refractivity (Wildman–Crippen MR) is 65.1 cm³/mol. The molecule has 19 heavy (non-hydrogen) atoms. The Balaban J connectivity index is 2.19. The molecule has 0 atom stereocenters. The highest BCUT2D eigenvalue weighted by Crippen LogP contribution is 2.13. The van der Waals surface area contributed by atoms with Crippen molar-refractivity contribution in [3.63, 3.8) is 0 Å². The van der Waals surface area contributed by atoms with Gasteiger partial charge in [0.2, 0.25) is 0 Å². The summed E-state index contributed by atoms with van der Waals surface area (Å²) < 4.78 is 0. The van der Waals surface area contributed by atoms with E-state index < -0.39 is 11.9 Å². The molecule has 2 aromatic rings. The summed E-state index contributed by atoms with van der Waals surface area (Å²) in [5.74, 6) is -1.79. The Kier molecular flexibility index (Phi) is 3.37. The molecule has 2 rings (SSSR count). The zero-order valence-electron chi connectivity index (χ0n) is 9.57. The number of carbonyl (C=O) groups excluding carboxylic acids is 1. The van der Waals surface area contributed by atoms with Crippen molar-refractivity contribution in [2.24, 2.45) is 0 Å². The van der Waals surface area contributed by atoms with Crippen molar-refractivity contribution in [3.8, 4) is 5.75 Å². The van der Waals surface area contributed by atoms with Crippen LogP contribution in [0.3, 0.4) is 0 Å². The molecular weight excluding hydrogens is 250 g/mol. The van der Waals surface area contributed by atoms with Gasteiger partial charge in [-0.3, -0.25) is 14.8 Å². The average molecular weight is 259 g/mol. The van der Waals surface area contributed by atoms with E-state index in [2.05, 4.69) is 15.3 Å². The Morgan fingerprint density at radius 2 is 1.68 bits per heavy atom. The van der Waals surface area contributed by atoms with Gasteiger partial charge in [0, 0.05) is 12.4 Å². The average Bonchev–Trinajstić information content (AvgIpc) is 2.39. The minimum atomic E-state index is -1.14. The van der Waals surface area contributed by atoms with Gasteiger partial charge in [-0.15, -0.1) is 0 Å². The number of pyridine rings is 2. The maximum atomic E-state index is 11.8. The van der Waals surface area contributed by atoms with E-state index >= 15 is 0 Å². The van der Waals surface area contributed by atoms with Crippen molar-refractivity contribution < 1.29 is 19.8 Å². The third-order valence-corrected chi connectivity index (χ3v) is 2.23. The fraction of sp³-hybridized carbons (Fsp3) is 0. The minimum Gasteiger partial charge on any atom is -0.506 e. The number of hydrogen-bond acceptors (Lipinski definition) is 5. The van der Waals surface area contributed by atoms with E-state index in [1.807, 2.05) is 0 Å². The topological polar surface area (TPSA) is 112 Å². The first-order valence-corrected chi connectivity index (χ1v) is 5.20. The second kappa shape index (κ2) is 5.13. The fourth-order valence-corrected chi connectivity index (χ4v) is 1.38. The SMILES string of the molecule is O=C(O)c1cncc(NC(=O)c2cncc(O)c2)c1. The van der Waals surface area contributed by atoms with Crippen LogP contribution in [-0.4, -0.2) is 32.1 Å². The van der Waals surface area contributed by atoms with Crippen LogP contribution in [0.15, 0.2) is 36.9 Å². The number of hydrogen-bond donors (Lipinski definition) is 3. The van der Waals surface area contributed by atoms with E-state index in [1.54, 1.807) is 0 Å². The number of carbonyl (C=O) groups is 2. The van der Waals surface area contributed by atoms with Gasteiger partial charge >= 0.3 is 5.97 Å². The highest BCUT2D eigenvalue weighted by atomic mass is 16.4. The van der Waals surface area contributed by atoms with Crippen molar-refractivity contribution in [3.05, 3.63) is 48.0 Å². The van der Waals surface area contributed by atoms with Gasteiger partial charge in [0.25, 0.3) is 5.91 Å². The number of aromatic carboxylic acids is 1. The molecule has 0 aliphatic heterocycles. The summed E-state index contributed by atoms with van der Waals surface area (Å²) in [7, 11) is 0. The van der Waals surface area contributed by atoms with Gasteiger partial charge in [-0.2, -0.15) is 0 Å². The molecule has 2 aromatic heterocycles. The molecule has 0 aromatic carbocycles. The van der Waals surface area contributed by atoms with Gasteiger partial charge in [-0.05, 0) is 12.1 Å². The number of aromatic nitrogens is 2. The summed E-state index contributed by atoms with van der Waals surface area (Å²) in [6.45, 7) is 0. The Morgan fingerprint density at radius 3 is 2.37 bits per heavy atom. The lowest BCUT2D eigenvalue weighted by Crippen LogP contribution is -2.13. The fourth-order valence-electron chi connectivity index (χ4n) is 1.38. The number of aromatic hydroxyl groups is 1. The van der Waals surface area contributed by atoms with E-state index in [1.165, 1.54) is 36.9 Å². The lowest BCUT2D eigenvalue weighted by atomic mass is 10.2. The van der Waals surface area contributed by atoms with E-state index in [-0.39, 0.29) is 22.6 Å². The summed E-state index contributed by atoms with van der Waals surface area (Å²) >= 11 is 0. The van der Waals surface area contributed by atoms with E-state index in [0.717, 1.165) is 0 Å². The highest BCUT2D eigenvalue weighted by molar-refractivity contribution is 6.04. The molecule has 0 fully saturated rings. The lowest BCUT2D eigenvalue weighted by molar-refractivity contribution is 0.0696. The standard InChI is InChI=1S/C12H9N3O4/c16-10-2-7(3-14-6-10)11(17)15-9-1-8(12(18)19)4-13-5-9/h1-6,16H,(H,15,17)(H,18,19).